The number of hydrogen-bond donors (Lipinski definition) is 2. The van der Waals surface area contributed by atoms with E-state index in [4.69, 9.17) is 5.73 Å². The summed E-state index contributed by atoms with van der Waals surface area (Å²) in [6, 6.07) is 5.98. The van der Waals surface area contributed by atoms with Crippen LogP contribution >= 0.6 is 0 Å². The highest BCUT2D eigenvalue weighted by Gasteiger charge is 2.31. The van der Waals surface area contributed by atoms with Gasteiger partial charge in [-0.3, -0.25) is 9.59 Å². The number of amides is 2. The molecule has 2 aliphatic rings. The Kier molecular flexibility index (Phi) is 5.42. The molecule has 5 nitrogen and oxygen atoms in total. The molecular formula is C20H29N3O2. The lowest BCUT2D eigenvalue weighted by atomic mass is 9.96. The molecule has 2 unspecified atom stereocenters. The van der Waals surface area contributed by atoms with Gasteiger partial charge in [0.05, 0.1) is 5.92 Å². The highest BCUT2D eigenvalue weighted by Crippen LogP contribution is 2.31. The molecule has 1 aromatic carbocycles. The molecule has 1 saturated carbocycles. The second-order valence-electron chi connectivity index (χ2n) is 7.71. The fourth-order valence-corrected chi connectivity index (χ4v) is 3.71. The third-order valence-corrected chi connectivity index (χ3v) is 5.29. The molecule has 3 rings (SSSR count). The van der Waals surface area contributed by atoms with Crippen molar-refractivity contribution < 1.29 is 9.59 Å². The second-order valence-corrected chi connectivity index (χ2v) is 7.71. The van der Waals surface area contributed by atoms with Gasteiger partial charge in [-0.25, -0.2) is 0 Å². The van der Waals surface area contributed by atoms with E-state index >= 15 is 0 Å². The largest absolute Gasteiger partial charge is 0.354 e. The van der Waals surface area contributed by atoms with E-state index in [2.05, 4.69) is 11.4 Å². The molecule has 3 N–H and O–H groups in total. The molecule has 0 aromatic heterocycles. The van der Waals surface area contributed by atoms with Gasteiger partial charge in [0, 0.05) is 31.2 Å². The van der Waals surface area contributed by atoms with Crippen molar-refractivity contribution in [1.82, 2.24) is 10.2 Å². The number of carbonyl (C=O) groups excluding carboxylic acids is 2. The van der Waals surface area contributed by atoms with Gasteiger partial charge in [0.2, 0.25) is 5.91 Å². The van der Waals surface area contributed by atoms with E-state index in [1.807, 2.05) is 30.9 Å². The van der Waals surface area contributed by atoms with Crippen molar-refractivity contribution in [2.75, 3.05) is 19.6 Å². The molecule has 1 aliphatic carbocycles. The summed E-state index contributed by atoms with van der Waals surface area (Å²) < 4.78 is 0. The monoisotopic (exact) mass is 343 g/mol. The van der Waals surface area contributed by atoms with Gasteiger partial charge in [-0.15, -0.1) is 0 Å². The fourth-order valence-electron chi connectivity index (χ4n) is 3.71. The standard InChI is InChI=1S/C20H29N3O2/c1-13-8-14(2)10-17(9-13)20(25)23-7-3-4-16(12-23)19(24)22-11-18(21)15-5-6-15/h8-10,15-16,18H,3-7,11-12,21H2,1-2H3,(H,22,24). The number of likely N-dealkylation sites (tertiary alicyclic amines) is 1. The number of rotatable bonds is 5. The molecule has 1 aromatic rings. The van der Waals surface area contributed by atoms with Crippen LogP contribution in [0.25, 0.3) is 0 Å². The zero-order chi connectivity index (χ0) is 18.0. The van der Waals surface area contributed by atoms with Crippen LogP contribution in [0.5, 0.6) is 0 Å². The van der Waals surface area contributed by atoms with Crippen LogP contribution in [-0.4, -0.2) is 42.4 Å². The van der Waals surface area contributed by atoms with Crippen molar-refractivity contribution in [3.8, 4) is 0 Å². The molecule has 0 bridgehead atoms. The summed E-state index contributed by atoms with van der Waals surface area (Å²) in [6.45, 7) is 5.76. The van der Waals surface area contributed by atoms with E-state index in [1.54, 1.807) is 0 Å². The van der Waals surface area contributed by atoms with E-state index in [9.17, 15) is 9.59 Å². The van der Waals surface area contributed by atoms with Gasteiger partial charge in [0.25, 0.3) is 5.91 Å². The van der Waals surface area contributed by atoms with Gasteiger partial charge >= 0.3 is 0 Å². The first-order valence-corrected chi connectivity index (χ1v) is 9.35. The van der Waals surface area contributed by atoms with Crippen LogP contribution in [0.2, 0.25) is 0 Å². The van der Waals surface area contributed by atoms with Crippen LogP contribution in [0.3, 0.4) is 0 Å². The lowest BCUT2D eigenvalue weighted by Gasteiger charge is -2.32. The minimum atomic E-state index is -0.130. The maximum Gasteiger partial charge on any atom is 0.253 e. The predicted molar refractivity (Wildman–Crippen MR) is 98.3 cm³/mol. The molecule has 2 fully saturated rings. The average molecular weight is 343 g/mol. The maximum absolute atomic E-state index is 12.8. The van der Waals surface area contributed by atoms with Gasteiger partial charge < -0.3 is 16.0 Å². The summed E-state index contributed by atoms with van der Waals surface area (Å²) in [5.41, 5.74) is 8.95. The molecule has 1 saturated heterocycles. The summed E-state index contributed by atoms with van der Waals surface area (Å²) >= 11 is 0. The first-order chi connectivity index (χ1) is 11.9. The van der Waals surface area contributed by atoms with Crippen molar-refractivity contribution in [3.63, 3.8) is 0 Å². The van der Waals surface area contributed by atoms with Crippen molar-refractivity contribution in [2.45, 2.75) is 45.6 Å². The Morgan fingerprint density at radius 1 is 1.20 bits per heavy atom. The molecule has 0 spiro atoms. The maximum atomic E-state index is 12.8. The lowest BCUT2D eigenvalue weighted by molar-refractivity contribution is -0.126. The van der Waals surface area contributed by atoms with Gasteiger partial charge in [-0.05, 0) is 57.6 Å². The topological polar surface area (TPSA) is 75.4 Å². The third-order valence-electron chi connectivity index (χ3n) is 5.29. The number of piperidine rings is 1. The minimum absolute atomic E-state index is 0.0268. The molecule has 2 amide bonds. The SMILES string of the molecule is Cc1cc(C)cc(C(=O)N2CCCC(C(=O)NCC(N)C3CC3)C2)c1. The number of nitrogens with zero attached hydrogens (tertiary/aromatic N) is 1. The Labute approximate surface area is 150 Å². The molecular weight excluding hydrogens is 314 g/mol. The smallest absolute Gasteiger partial charge is 0.253 e. The summed E-state index contributed by atoms with van der Waals surface area (Å²) in [5.74, 6) is 0.511. The highest BCUT2D eigenvalue weighted by atomic mass is 16.2. The van der Waals surface area contributed by atoms with Gasteiger partial charge in [0.1, 0.15) is 0 Å². The second kappa shape index (κ2) is 7.56. The third kappa shape index (κ3) is 4.60. The zero-order valence-corrected chi connectivity index (χ0v) is 15.3. The van der Waals surface area contributed by atoms with Crippen molar-refractivity contribution in [2.24, 2.45) is 17.6 Å². The van der Waals surface area contributed by atoms with Crippen LogP contribution in [-0.2, 0) is 4.79 Å². The molecule has 0 radical (unpaired) electrons. The van der Waals surface area contributed by atoms with E-state index < -0.39 is 0 Å². The van der Waals surface area contributed by atoms with Crippen molar-refractivity contribution in [3.05, 3.63) is 34.9 Å². The Balaban J connectivity index is 1.58. The van der Waals surface area contributed by atoms with Gasteiger partial charge in [0.15, 0.2) is 0 Å². The predicted octanol–water partition coefficient (Wildman–Crippen LogP) is 2.01. The summed E-state index contributed by atoms with van der Waals surface area (Å²) in [7, 11) is 0. The lowest BCUT2D eigenvalue weighted by Crippen LogP contribution is -2.47. The summed E-state index contributed by atoms with van der Waals surface area (Å²) in [4.78, 5) is 27.1. The number of benzene rings is 1. The fraction of sp³-hybridized carbons (Fsp3) is 0.600. The Morgan fingerprint density at radius 2 is 1.88 bits per heavy atom. The van der Waals surface area contributed by atoms with Crippen LogP contribution < -0.4 is 11.1 Å². The normalized spacial score (nSPS) is 21.7. The van der Waals surface area contributed by atoms with E-state index in [1.165, 1.54) is 12.8 Å². The van der Waals surface area contributed by atoms with Crippen LogP contribution in [0.1, 0.15) is 47.2 Å². The van der Waals surface area contributed by atoms with Crippen LogP contribution in [0.4, 0.5) is 0 Å². The molecule has 136 valence electrons. The van der Waals surface area contributed by atoms with Crippen molar-refractivity contribution in [1.29, 1.82) is 0 Å². The first-order valence-electron chi connectivity index (χ1n) is 9.35. The molecule has 5 heteroatoms. The molecule has 2 atom stereocenters. The Morgan fingerprint density at radius 3 is 2.52 bits per heavy atom. The number of aryl methyl sites for hydroxylation is 2. The van der Waals surface area contributed by atoms with Gasteiger partial charge in [-0.1, -0.05) is 17.2 Å². The number of nitrogens with one attached hydrogen (secondary N) is 1. The Bertz CT molecular complexity index is 634. The van der Waals surface area contributed by atoms with Crippen molar-refractivity contribution >= 4 is 11.8 Å². The number of carbonyl (C=O) groups is 2. The van der Waals surface area contributed by atoms with Gasteiger partial charge in [-0.2, -0.15) is 0 Å². The molecule has 25 heavy (non-hydrogen) atoms. The molecule has 1 aliphatic heterocycles. The number of hydrogen-bond acceptors (Lipinski definition) is 3. The Hall–Kier alpha value is -1.88. The zero-order valence-electron chi connectivity index (χ0n) is 15.3. The van der Waals surface area contributed by atoms with Crippen LogP contribution in [0, 0.1) is 25.7 Å². The minimum Gasteiger partial charge on any atom is -0.354 e. The highest BCUT2D eigenvalue weighted by molar-refractivity contribution is 5.95. The average Bonchev–Trinajstić information content (AvgIpc) is 3.43. The quantitative estimate of drug-likeness (QED) is 0.859. The molecule has 1 heterocycles. The summed E-state index contributed by atoms with van der Waals surface area (Å²) in [5, 5.41) is 2.99. The number of nitrogens with two attached hydrogens (primary N) is 1. The first kappa shape index (κ1) is 17.9. The summed E-state index contributed by atoms with van der Waals surface area (Å²) in [6.07, 6.45) is 4.06. The van der Waals surface area contributed by atoms with E-state index in [-0.39, 0.29) is 23.8 Å². The van der Waals surface area contributed by atoms with E-state index in [0.717, 1.165) is 30.5 Å². The van der Waals surface area contributed by atoms with Crippen LogP contribution in [0.15, 0.2) is 18.2 Å². The van der Waals surface area contributed by atoms with E-state index in [0.29, 0.717) is 24.6 Å².